The third-order valence-corrected chi connectivity index (χ3v) is 6.10. The van der Waals surface area contributed by atoms with E-state index in [-0.39, 0.29) is 17.9 Å². The Hall–Kier alpha value is -2.84. The molecule has 1 atom stereocenters. The highest BCUT2D eigenvalue weighted by Crippen LogP contribution is 2.29. The fourth-order valence-corrected chi connectivity index (χ4v) is 4.50. The van der Waals surface area contributed by atoms with Crippen LogP contribution >= 0.6 is 0 Å². The minimum atomic E-state index is -4.13. The molecule has 0 radical (unpaired) electrons. The first kappa shape index (κ1) is 18.9. The van der Waals surface area contributed by atoms with Gasteiger partial charge in [0.05, 0.1) is 17.0 Å². The van der Waals surface area contributed by atoms with Gasteiger partial charge in [0.15, 0.2) is 0 Å². The molecule has 1 aliphatic heterocycles. The van der Waals surface area contributed by atoms with E-state index in [1.54, 1.807) is 30.3 Å². The van der Waals surface area contributed by atoms with Gasteiger partial charge in [0.25, 0.3) is 5.91 Å². The van der Waals surface area contributed by atoms with E-state index in [1.807, 2.05) is 0 Å². The lowest BCUT2D eigenvalue weighted by Crippen LogP contribution is -2.45. The first-order valence-corrected chi connectivity index (χ1v) is 9.60. The molecule has 3 rings (SSSR count). The molecule has 8 heteroatoms. The minimum Gasteiger partial charge on any atom is -0.274 e. The Morgan fingerprint density at radius 1 is 1.11 bits per heavy atom. The van der Waals surface area contributed by atoms with Crippen LogP contribution in [-0.2, 0) is 19.6 Å². The molecule has 0 N–H and O–H groups in total. The third-order valence-electron chi connectivity index (χ3n) is 4.21. The molecule has 27 heavy (non-hydrogen) atoms. The first-order chi connectivity index (χ1) is 12.9. The third kappa shape index (κ3) is 3.54. The summed E-state index contributed by atoms with van der Waals surface area (Å²) in [7, 11) is -4.13. The van der Waals surface area contributed by atoms with Crippen molar-refractivity contribution in [3.8, 4) is 0 Å². The summed E-state index contributed by atoms with van der Waals surface area (Å²) in [5.41, 5.74) is 0.382. The van der Waals surface area contributed by atoms with Crippen LogP contribution in [0.2, 0.25) is 0 Å². The number of benzene rings is 2. The highest BCUT2D eigenvalue weighted by molar-refractivity contribution is 7.89. The van der Waals surface area contributed by atoms with Crippen LogP contribution in [0.25, 0.3) is 0 Å². The number of para-hydroxylation sites is 1. The molecule has 0 saturated carbocycles. The molecule has 0 spiro atoms. The normalized spacial score (nSPS) is 17.6. The number of nitrogens with zero attached hydrogens (tertiary/aromatic N) is 2. The summed E-state index contributed by atoms with van der Waals surface area (Å²) in [6, 6.07) is 11.4. The average molecular weight is 388 g/mol. The SMILES string of the molecule is C=CCN(C1CC(=O)N(c2ccccc2)C1=O)S(=O)(=O)c1ccc(F)cc1. The van der Waals surface area contributed by atoms with Crippen molar-refractivity contribution in [1.82, 2.24) is 4.31 Å². The number of imide groups is 1. The molecule has 2 aromatic carbocycles. The van der Waals surface area contributed by atoms with Gasteiger partial charge in [-0.15, -0.1) is 6.58 Å². The van der Waals surface area contributed by atoms with Crippen molar-refractivity contribution in [2.45, 2.75) is 17.4 Å². The number of halogens is 1. The van der Waals surface area contributed by atoms with Crippen LogP contribution in [0.3, 0.4) is 0 Å². The molecule has 1 unspecified atom stereocenters. The van der Waals surface area contributed by atoms with E-state index in [4.69, 9.17) is 0 Å². The topological polar surface area (TPSA) is 74.8 Å². The number of amides is 2. The largest absolute Gasteiger partial charge is 0.274 e. The molecule has 1 heterocycles. The number of hydrogen-bond donors (Lipinski definition) is 0. The molecule has 1 fully saturated rings. The first-order valence-electron chi connectivity index (χ1n) is 8.16. The van der Waals surface area contributed by atoms with Gasteiger partial charge < -0.3 is 0 Å². The predicted octanol–water partition coefficient (Wildman–Crippen LogP) is 2.33. The molecule has 0 aromatic heterocycles. The minimum absolute atomic E-state index is 0.161. The summed E-state index contributed by atoms with van der Waals surface area (Å²) in [4.78, 5) is 26.1. The monoisotopic (exact) mass is 388 g/mol. The van der Waals surface area contributed by atoms with E-state index in [9.17, 15) is 22.4 Å². The summed E-state index contributed by atoms with van der Waals surface area (Å²) in [5.74, 6) is -1.69. The van der Waals surface area contributed by atoms with Gasteiger partial charge in [0, 0.05) is 6.54 Å². The zero-order valence-electron chi connectivity index (χ0n) is 14.3. The molecule has 140 valence electrons. The fraction of sp³-hybridized carbons (Fsp3) is 0.158. The lowest BCUT2D eigenvalue weighted by atomic mass is 10.2. The summed E-state index contributed by atoms with van der Waals surface area (Å²) >= 11 is 0. The van der Waals surface area contributed by atoms with E-state index in [0.717, 1.165) is 33.5 Å². The summed E-state index contributed by atoms with van der Waals surface area (Å²) < 4.78 is 40.1. The highest BCUT2D eigenvalue weighted by atomic mass is 32.2. The van der Waals surface area contributed by atoms with Crippen LogP contribution in [0.15, 0.2) is 72.1 Å². The number of anilines is 1. The van der Waals surface area contributed by atoms with E-state index < -0.39 is 33.7 Å². The number of sulfonamides is 1. The zero-order chi connectivity index (χ0) is 19.6. The van der Waals surface area contributed by atoms with Gasteiger partial charge in [-0.25, -0.2) is 17.7 Å². The number of rotatable bonds is 6. The maximum atomic E-state index is 13.1. The fourth-order valence-electron chi connectivity index (χ4n) is 2.95. The average Bonchev–Trinajstić information content (AvgIpc) is 2.94. The van der Waals surface area contributed by atoms with Crippen molar-refractivity contribution in [2.75, 3.05) is 11.4 Å². The second kappa shape index (κ2) is 7.42. The number of hydrogen-bond acceptors (Lipinski definition) is 4. The molecule has 0 aliphatic carbocycles. The Kier molecular flexibility index (Phi) is 5.20. The molecule has 0 bridgehead atoms. The van der Waals surface area contributed by atoms with E-state index in [1.165, 1.54) is 6.08 Å². The Labute approximate surface area is 156 Å². The van der Waals surface area contributed by atoms with E-state index >= 15 is 0 Å². The summed E-state index contributed by atoms with van der Waals surface area (Å²) in [6.45, 7) is 3.38. The number of carbonyl (C=O) groups excluding carboxylic acids is 2. The molecule has 1 saturated heterocycles. The van der Waals surface area contributed by atoms with Crippen molar-refractivity contribution in [3.05, 3.63) is 73.1 Å². The van der Waals surface area contributed by atoms with Gasteiger partial charge in [-0.05, 0) is 36.4 Å². The van der Waals surface area contributed by atoms with Gasteiger partial charge >= 0.3 is 0 Å². The molecule has 2 aromatic rings. The van der Waals surface area contributed by atoms with Crippen LogP contribution in [0, 0.1) is 5.82 Å². The van der Waals surface area contributed by atoms with Crippen molar-refractivity contribution in [2.24, 2.45) is 0 Å². The Morgan fingerprint density at radius 2 is 1.74 bits per heavy atom. The van der Waals surface area contributed by atoms with E-state index in [2.05, 4.69) is 6.58 Å². The van der Waals surface area contributed by atoms with Gasteiger partial charge in [-0.2, -0.15) is 4.31 Å². The molecular weight excluding hydrogens is 371 g/mol. The number of carbonyl (C=O) groups is 2. The van der Waals surface area contributed by atoms with Crippen LogP contribution < -0.4 is 4.90 Å². The highest BCUT2D eigenvalue weighted by Gasteiger charge is 2.46. The standard InChI is InChI=1S/C19H17FN2O4S/c1-2-12-21(27(25,26)16-10-8-14(20)9-11-16)17-13-18(23)22(19(17)24)15-6-4-3-5-7-15/h2-11,17H,1,12-13H2. The molecule has 2 amide bonds. The van der Waals surface area contributed by atoms with Crippen molar-refractivity contribution < 1.29 is 22.4 Å². The van der Waals surface area contributed by atoms with Crippen molar-refractivity contribution in [3.63, 3.8) is 0 Å². The molecular formula is C19H17FN2O4S. The van der Waals surface area contributed by atoms with Crippen LogP contribution in [0.4, 0.5) is 10.1 Å². The van der Waals surface area contributed by atoms with Crippen LogP contribution in [0.5, 0.6) is 0 Å². The zero-order valence-corrected chi connectivity index (χ0v) is 15.1. The second-order valence-electron chi connectivity index (χ2n) is 5.94. The Bertz CT molecular complexity index is 975. The lowest BCUT2D eigenvalue weighted by Gasteiger charge is -2.25. The summed E-state index contributed by atoms with van der Waals surface area (Å²) in [5, 5.41) is 0. The van der Waals surface area contributed by atoms with Crippen LogP contribution in [-0.4, -0.2) is 37.1 Å². The summed E-state index contributed by atoms with van der Waals surface area (Å²) in [6.07, 6.45) is 1.06. The quantitative estimate of drug-likeness (QED) is 0.562. The Morgan fingerprint density at radius 3 is 2.33 bits per heavy atom. The van der Waals surface area contributed by atoms with Crippen LogP contribution in [0.1, 0.15) is 6.42 Å². The smallest absolute Gasteiger partial charge is 0.252 e. The molecule has 1 aliphatic rings. The van der Waals surface area contributed by atoms with Gasteiger partial charge in [0.1, 0.15) is 11.9 Å². The second-order valence-corrected chi connectivity index (χ2v) is 7.83. The predicted molar refractivity (Wildman–Crippen MR) is 97.8 cm³/mol. The molecule has 6 nitrogen and oxygen atoms in total. The van der Waals surface area contributed by atoms with Gasteiger partial charge in [-0.1, -0.05) is 24.3 Å². The van der Waals surface area contributed by atoms with Crippen molar-refractivity contribution in [1.29, 1.82) is 0 Å². The lowest BCUT2D eigenvalue weighted by molar-refractivity contribution is -0.122. The van der Waals surface area contributed by atoms with Gasteiger partial charge in [-0.3, -0.25) is 9.59 Å². The van der Waals surface area contributed by atoms with Gasteiger partial charge in [0.2, 0.25) is 15.9 Å². The Balaban J connectivity index is 1.98. The van der Waals surface area contributed by atoms with E-state index in [0.29, 0.717) is 5.69 Å². The van der Waals surface area contributed by atoms with Crippen molar-refractivity contribution >= 4 is 27.5 Å². The maximum Gasteiger partial charge on any atom is 0.252 e. The maximum absolute atomic E-state index is 13.1.